The molecule has 0 aliphatic carbocycles. The van der Waals surface area contributed by atoms with Gasteiger partial charge < -0.3 is 9.13 Å². The summed E-state index contributed by atoms with van der Waals surface area (Å²) in [5, 5.41) is 3.11. The van der Waals surface area contributed by atoms with Gasteiger partial charge >= 0.3 is 6.18 Å². The van der Waals surface area contributed by atoms with Gasteiger partial charge in [0.25, 0.3) is 5.91 Å². The molecule has 0 saturated carbocycles. The fourth-order valence-corrected chi connectivity index (χ4v) is 4.30. The van der Waals surface area contributed by atoms with E-state index < -0.39 is 29.5 Å². The van der Waals surface area contributed by atoms with Crippen molar-refractivity contribution < 1.29 is 22.8 Å². The molecular weight excluding hydrogens is 459 g/mol. The SMILES string of the molecule is O=C1NC(=O)C(c2cn(CCCn3ccnc3)c3ccccc23)C1=Nc1ccc(C(F)(F)F)cc1. The Balaban J connectivity index is 1.49. The highest BCUT2D eigenvalue weighted by Gasteiger charge is 2.41. The number of hydrogen-bond donors (Lipinski definition) is 1. The van der Waals surface area contributed by atoms with Crippen molar-refractivity contribution in [3.63, 3.8) is 0 Å². The summed E-state index contributed by atoms with van der Waals surface area (Å²) in [5.74, 6) is -2.14. The lowest BCUT2D eigenvalue weighted by Gasteiger charge is -2.08. The number of nitrogens with zero attached hydrogens (tertiary/aromatic N) is 4. The van der Waals surface area contributed by atoms with E-state index in [9.17, 15) is 22.8 Å². The van der Waals surface area contributed by atoms with Crippen LogP contribution in [0.2, 0.25) is 0 Å². The smallest absolute Gasteiger partial charge is 0.347 e. The van der Waals surface area contributed by atoms with E-state index in [1.807, 2.05) is 45.8 Å². The Morgan fingerprint density at radius 1 is 1.03 bits per heavy atom. The van der Waals surface area contributed by atoms with Gasteiger partial charge in [0.05, 0.1) is 17.6 Å². The van der Waals surface area contributed by atoms with E-state index in [-0.39, 0.29) is 11.4 Å². The number of hydrogen-bond acceptors (Lipinski definition) is 4. The molecule has 178 valence electrons. The van der Waals surface area contributed by atoms with Crippen LogP contribution in [0.5, 0.6) is 0 Å². The number of para-hydroxylation sites is 1. The molecule has 1 fully saturated rings. The quantitative estimate of drug-likeness (QED) is 0.415. The molecule has 1 unspecified atom stereocenters. The van der Waals surface area contributed by atoms with Crippen LogP contribution in [0.1, 0.15) is 23.5 Å². The maximum Gasteiger partial charge on any atom is 0.416 e. The zero-order chi connectivity index (χ0) is 24.6. The molecule has 2 aromatic heterocycles. The van der Waals surface area contributed by atoms with Gasteiger partial charge in [-0.25, -0.2) is 9.98 Å². The van der Waals surface area contributed by atoms with Gasteiger partial charge in [-0.3, -0.25) is 14.9 Å². The first-order chi connectivity index (χ1) is 16.8. The number of aromatic nitrogens is 3. The predicted molar refractivity (Wildman–Crippen MR) is 123 cm³/mol. The molecule has 35 heavy (non-hydrogen) atoms. The van der Waals surface area contributed by atoms with Crippen LogP contribution in [0.3, 0.4) is 0 Å². The topological polar surface area (TPSA) is 81.3 Å². The van der Waals surface area contributed by atoms with Gasteiger partial charge in [0, 0.05) is 42.6 Å². The number of fused-ring (bicyclic) bond motifs is 1. The van der Waals surface area contributed by atoms with E-state index in [0.29, 0.717) is 12.1 Å². The van der Waals surface area contributed by atoms with E-state index in [4.69, 9.17) is 0 Å². The minimum atomic E-state index is -4.48. The molecule has 2 amide bonds. The molecule has 5 rings (SSSR count). The Kier molecular flexibility index (Phi) is 5.72. The van der Waals surface area contributed by atoms with Crippen molar-refractivity contribution in [3.8, 4) is 0 Å². The van der Waals surface area contributed by atoms with Gasteiger partial charge in [-0.05, 0) is 42.3 Å². The minimum Gasteiger partial charge on any atom is -0.347 e. The number of rotatable bonds is 6. The van der Waals surface area contributed by atoms with Crippen molar-refractivity contribution in [2.45, 2.75) is 31.6 Å². The molecule has 1 atom stereocenters. The number of imide groups is 1. The van der Waals surface area contributed by atoms with Crippen LogP contribution in [-0.4, -0.2) is 31.6 Å². The number of alkyl halides is 3. The molecule has 0 spiro atoms. The molecule has 3 heterocycles. The van der Waals surface area contributed by atoms with E-state index in [1.165, 1.54) is 12.1 Å². The second kappa shape index (κ2) is 8.86. The fourth-order valence-electron chi connectivity index (χ4n) is 4.30. The number of imidazole rings is 1. The van der Waals surface area contributed by atoms with E-state index in [2.05, 4.69) is 15.3 Å². The third-order valence-corrected chi connectivity index (χ3v) is 5.95. The normalized spacial score (nSPS) is 17.5. The fraction of sp³-hybridized carbons (Fsp3) is 0.200. The van der Waals surface area contributed by atoms with Crippen LogP contribution in [0, 0.1) is 0 Å². The molecule has 1 saturated heterocycles. The Morgan fingerprint density at radius 3 is 2.51 bits per heavy atom. The Morgan fingerprint density at radius 2 is 1.80 bits per heavy atom. The lowest BCUT2D eigenvalue weighted by atomic mass is 9.95. The standard InChI is InChI=1S/C25H20F3N5O2/c26-25(27,28)16-6-8-17(9-7-16)30-22-21(23(34)31-24(22)35)19-14-33(20-5-2-1-4-18(19)20)12-3-11-32-13-10-29-15-32/h1-2,4-10,13-15,21H,3,11-12H2,(H,31,34,35). The van der Waals surface area contributed by atoms with Gasteiger partial charge in [0.1, 0.15) is 11.6 Å². The highest BCUT2D eigenvalue weighted by Crippen LogP contribution is 2.34. The van der Waals surface area contributed by atoms with Crippen molar-refractivity contribution in [1.29, 1.82) is 0 Å². The summed E-state index contributed by atoms with van der Waals surface area (Å²) in [6, 6.07) is 11.7. The molecule has 10 heteroatoms. The van der Waals surface area contributed by atoms with Crippen LogP contribution in [0.4, 0.5) is 18.9 Å². The largest absolute Gasteiger partial charge is 0.416 e. The zero-order valence-electron chi connectivity index (χ0n) is 18.4. The predicted octanol–water partition coefficient (Wildman–Crippen LogP) is 4.46. The van der Waals surface area contributed by atoms with Gasteiger partial charge in [0.15, 0.2) is 0 Å². The molecular formula is C25H20F3N5O2. The molecule has 2 aromatic carbocycles. The zero-order valence-corrected chi connectivity index (χ0v) is 18.4. The van der Waals surface area contributed by atoms with Crippen molar-refractivity contribution in [2.75, 3.05) is 0 Å². The number of halogens is 3. The van der Waals surface area contributed by atoms with Crippen LogP contribution < -0.4 is 5.32 Å². The Labute approximate surface area is 197 Å². The highest BCUT2D eigenvalue weighted by molar-refractivity contribution is 6.52. The van der Waals surface area contributed by atoms with Gasteiger partial charge in [0.2, 0.25) is 5.91 Å². The number of carbonyl (C=O) groups is 2. The van der Waals surface area contributed by atoms with E-state index in [1.54, 1.807) is 12.5 Å². The molecule has 4 aromatic rings. The number of carbonyl (C=O) groups excluding carboxylic acids is 2. The summed E-state index contributed by atoms with van der Waals surface area (Å²) in [4.78, 5) is 33.7. The average molecular weight is 479 g/mol. The summed E-state index contributed by atoms with van der Waals surface area (Å²) in [7, 11) is 0. The number of benzene rings is 2. The lowest BCUT2D eigenvalue weighted by molar-refractivity contribution is -0.137. The minimum absolute atomic E-state index is 0.0453. The van der Waals surface area contributed by atoms with Gasteiger partial charge in [-0.1, -0.05) is 18.2 Å². The Hall–Kier alpha value is -4.21. The number of nitrogens with one attached hydrogen (secondary N) is 1. The van der Waals surface area contributed by atoms with Crippen molar-refractivity contribution in [3.05, 3.63) is 84.6 Å². The molecule has 7 nitrogen and oxygen atoms in total. The monoisotopic (exact) mass is 479 g/mol. The molecule has 0 radical (unpaired) electrons. The van der Waals surface area contributed by atoms with Gasteiger partial charge in [-0.2, -0.15) is 13.2 Å². The van der Waals surface area contributed by atoms with E-state index in [0.717, 1.165) is 36.0 Å². The van der Waals surface area contributed by atoms with Gasteiger partial charge in [-0.15, -0.1) is 0 Å². The molecule has 0 bridgehead atoms. The third-order valence-electron chi connectivity index (χ3n) is 5.95. The third kappa shape index (κ3) is 4.46. The van der Waals surface area contributed by atoms with Crippen LogP contribution >= 0.6 is 0 Å². The molecule has 1 aliphatic rings. The van der Waals surface area contributed by atoms with Crippen molar-refractivity contribution in [1.82, 2.24) is 19.4 Å². The second-order valence-electron chi connectivity index (χ2n) is 8.24. The first-order valence-corrected chi connectivity index (χ1v) is 11.0. The summed E-state index contributed by atoms with van der Waals surface area (Å²) in [6.07, 6.45) is 3.54. The van der Waals surface area contributed by atoms with E-state index >= 15 is 0 Å². The van der Waals surface area contributed by atoms with Crippen LogP contribution in [-0.2, 0) is 28.9 Å². The number of amides is 2. The summed E-state index contributed by atoms with van der Waals surface area (Å²) in [6.45, 7) is 1.44. The van der Waals surface area contributed by atoms with Crippen LogP contribution in [0.25, 0.3) is 10.9 Å². The highest BCUT2D eigenvalue weighted by atomic mass is 19.4. The van der Waals surface area contributed by atoms with Crippen LogP contribution in [0.15, 0.2) is 78.4 Å². The number of aryl methyl sites for hydroxylation is 2. The van der Waals surface area contributed by atoms with Crippen molar-refractivity contribution in [2.24, 2.45) is 4.99 Å². The molecule has 1 N–H and O–H groups in total. The maximum absolute atomic E-state index is 12.9. The number of aliphatic imine (C=N–C) groups is 1. The van der Waals surface area contributed by atoms with Crippen molar-refractivity contribution >= 4 is 34.1 Å². The summed E-state index contributed by atoms with van der Waals surface area (Å²) >= 11 is 0. The molecule has 1 aliphatic heterocycles. The Bertz CT molecular complexity index is 1420. The summed E-state index contributed by atoms with van der Waals surface area (Å²) < 4.78 is 42.7. The summed E-state index contributed by atoms with van der Waals surface area (Å²) in [5.41, 5.74) is 0.832. The maximum atomic E-state index is 12.9. The first-order valence-electron chi connectivity index (χ1n) is 11.0. The second-order valence-corrected chi connectivity index (χ2v) is 8.24. The first kappa shape index (κ1) is 22.6. The lowest BCUT2D eigenvalue weighted by Crippen LogP contribution is -2.22. The average Bonchev–Trinajstić information content (AvgIpc) is 3.53.